The van der Waals surface area contributed by atoms with Crippen LogP contribution in [0.15, 0.2) is 22.7 Å². The number of nitrogens with one attached hydrogen (secondary N) is 2. The Morgan fingerprint density at radius 2 is 2.00 bits per heavy atom. The number of nitrogens with zero attached hydrogens (tertiary/aromatic N) is 1. The molecular formula is C12H18BrN3O4S. The van der Waals surface area contributed by atoms with Gasteiger partial charge in [-0.25, -0.2) is 13.1 Å². The maximum absolute atomic E-state index is 11.2. The lowest BCUT2D eigenvalue weighted by Crippen LogP contribution is -2.49. The van der Waals surface area contributed by atoms with Gasteiger partial charge in [-0.2, -0.15) is 0 Å². The molecule has 0 aliphatic carbocycles. The van der Waals surface area contributed by atoms with Gasteiger partial charge < -0.3 is 5.32 Å². The second kappa shape index (κ2) is 6.82. The molecule has 0 saturated heterocycles. The van der Waals surface area contributed by atoms with Crippen molar-refractivity contribution in [1.82, 2.24) is 10.0 Å². The lowest BCUT2D eigenvalue weighted by atomic mass is 10.1. The quantitative estimate of drug-likeness (QED) is 0.555. The highest BCUT2D eigenvalue weighted by atomic mass is 79.9. The summed E-state index contributed by atoms with van der Waals surface area (Å²) >= 11 is 3.27. The van der Waals surface area contributed by atoms with Crippen LogP contribution in [0, 0.1) is 10.1 Å². The van der Waals surface area contributed by atoms with Gasteiger partial charge in [-0.1, -0.05) is 15.9 Å². The van der Waals surface area contributed by atoms with Gasteiger partial charge >= 0.3 is 0 Å². The Hall–Kier alpha value is -1.03. The van der Waals surface area contributed by atoms with Crippen molar-refractivity contribution in [3.63, 3.8) is 0 Å². The lowest BCUT2D eigenvalue weighted by Gasteiger charge is -2.25. The number of sulfonamides is 1. The predicted molar refractivity (Wildman–Crippen MR) is 84.6 cm³/mol. The molecule has 0 aliphatic heterocycles. The van der Waals surface area contributed by atoms with Crippen molar-refractivity contribution >= 4 is 31.6 Å². The monoisotopic (exact) mass is 379 g/mol. The molecule has 0 heterocycles. The summed E-state index contributed by atoms with van der Waals surface area (Å²) in [6, 6.07) is 4.71. The van der Waals surface area contributed by atoms with Gasteiger partial charge in [0.05, 0.1) is 11.2 Å². The topological polar surface area (TPSA) is 101 Å². The minimum atomic E-state index is -3.31. The Kier molecular flexibility index (Phi) is 5.85. The van der Waals surface area contributed by atoms with E-state index < -0.39 is 20.5 Å². The van der Waals surface area contributed by atoms with Gasteiger partial charge in [-0.3, -0.25) is 10.1 Å². The number of nitro benzene ring substituents is 1. The van der Waals surface area contributed by atoms with Crippen LogP contribution < -0.4 is 10.0 Å². The molecule has 0 aromatic heterocycles. The maximum Gasteiger partial charge on any atom is 0.273 e. The molecule has 0 bridgehead atoms. The van der Waals surface area contributed by atoms with E-state index in [9.17, 15) is 18.5 Å². The van der Waals surface area contributed by atoms with Gasteiger partial charge in [0.1, 0.15) is 0 Å². The molecule has 0 unspecified atom stereocenters. The summed E-state index contributed by atoms with van der Waals surface area (Å²) < 4.78 is 25.7. The SMILES string of the molecule is CC(C)(CNCc1cc(Br)ccc1[N+](=O)[O-])NS(C)(=O)=O. The van der Waals surface area contributed by atoms with E-state index in [0.717, 1.165) is 10.7 Å². The second-order valence-corrected chi connectivity index (χ2v) is 8.06. The molecule has 0 spiro atoms. The van der Waals surface area contributed by atoms with Crippen LogP contribution in [0.5, 0.6) is 0 Å². The van der Waals surface area contributed by atoms with E-state index in [2.05, 4.69) is 26.0 Å². The summed E-state index contributed by atoms with van der Waals surface area (Å²) in [5, 5.41) is 14.0. The van der Waals surface area contributed by atoms with Gasteiger partial charge in [-0.15, -0.1) is 0 Å². The van der Waals surface area contributed by atoms with E-state index in [-0.39, 0.29) is 12.2 Å². The van der Waals surface area contributed by atoms with E-state index in [0.29, 0.717) is 12.1 Å². The van der Waals surface area contributed by atoms with Crippen LogP contribution in [-0.4, -0.2) is 31.7 Å². The molecular weight excluding hydrogens is 362 g/mol. The molecule has 0 atom stereocenters. The van der Waals surface area contributed by atoms with Crippen LogP contribution in [0.25, 0.3) is 0 Å². The van der Waals surface area contributed by atoms with E-state index in [1.807, 2.05) is 0 Å². The Morgan fingerprint density at radius 1 is 1.38 bits per heavy atom. The summed E-state index contributed by atoms with van der Waals surface area (Å²) in [7, 11) is -3.31. The molecule has 2 N–H and O–H groups in total. The van der Waals surface area contributed by atoms with E-state index >= 15 is 0 Å². The van der Waals surface area contributed by atoms with Crippen LogP contribution in [0.2, 0.25) is 0 Å². The number of hydrogen-bond acceptors (Lipinski definition) is 5. The number of hydrogen-bond donors (Lipinski definition) is 2. The smallest absolute Gasteiger partial charge is 0.273 e. The Morgan fingerprint density at radius 3 is 2.52 bits per heavy atom. The van der Waals surface area contributed by atoms with Gasteiger partial charge in [-0.05, 0) is 26.0 Å². The summed E-state index contributed by atoms with van der Waals surface area (Å²) in [5.74, 6) is 0. The lowest BCUT2D eigenvalue weighted by molar-refractivity contribution is -0.385. The third-order valence-corrected chi connectivity index (χ3v) is 4.00. The molecule has 9 heteroatoms. The number of rotatable bonds is 7. The van der Waals surface area contributed by atoms with E-state index in [1.54, 1.807) is 26.0 Å². The summed E-state index contributed by atoms with van der Waals surface area (Å²) in [6.07, 6.45) is 1.09. The number of halogens is 1. The molecule has 1 rings (SSSR count). The zero-order chi connectivity index (χ0) is 16.3. The minimum absolute atomic E-state index is 0.0274. The van der Waals surface area contributed by atoms with Crippen LogP contribution in [0.1, 0.15) is 19.4 Å². The molecule has 118 valence electrons. The van der Waals surface area contributed by atoms with Crippen LogP contribution >= 0.6 is 15.9 Å². The van der Waals surface area contributed by atoms with Crippen molar-refractivity contribution in [3.05, 3.63) is 38.3 Å². The number of benzene rings is 1. The fraction of sp³-hybridized carbons (Fsp3) is 0.500. The first kappa shape index (κ1) is 18.0. The predicted octanol–water partition coefficient (Wildman–Crippen LogP) is 1.77. The van der Waals surface area contributed by atoms with Crippen LogP contribution in [0.3, 0.4) is 0 Å². The molecule has 0 amide bonds. The normalized spacial score (nSPS) is 12.4. The molecule has 1 aromatic rings. The fourth-order valence-corrected chi connectivity index (χ4v) is 3.41. The molecule has 1 aromatic carbocycles. The van der Waals surface area contributed by atoms with Crippen molar-refractivity contribution in [1.29, 1.82) is 0 Å². The van der Waals surface area contributed by atoms with Gasteiger partial charge in [0, 0.05) is 34.7 Å². The highest BCUT2D eigenvalue weighted by Crippen LogP contribution is 2.22. The summed E-state index contributed by atoms with van der Waals surface area (Å²) in [4.78, 5) is 10.5. The Bertz CT molecular complexity index is 631. The molecule has 0 aliphatic rings. The Labute approximate surface area is 132 Å². The molecule has 7 nitrogen and oxygen atoms in total. The van der Waals surface area contributed by atoms with Crippen molar-refractivity contribution in [2.75, 3.05) is 12.8 Å². The highest BCUT2D eigenvalue weighted by molar-refractivity contribution is 9.10. The van der Waals surface area contributed by atoms with Crippen molar-refractivity contribution in [2.24, 2.45) is 0 Å². The Balaban J connectivity index is 2.72. The standard InChI is InChI=1S/C12H18BrN3O4S/c1-12(2,15-21(3,19)20)8-14-7-9-6-10(13)4-5-11(9)16(17)18/h4-6,14-15H,7-8H2,1-3H3. The minimum Gasteiger partial charge on any atom is -0.311 e. The highest BCUT2D eigenvalue weighted by Gasteiger charge is 2.22. The number of nitro groups is 1. The first-order valence-corrected chi connectivity index (χ1v) is 8.81. The molecule has 0 fully saturated rings. The van der Waals surface area contributed by atoms with Crippen LogP contribution in [-0.2, 0) is 16.6 Å². The average Bonchev–Trinajstić information content (AvgIpc) is 2.24. The second-order valence-electron chi connectivity index (χ2n) is 5.39. The van der Waals surface area contributed by atoms with Crippen molar-refractivity contribution in [2.45, 2.75) is 25.9 Å². The van der Waals surface area contributed by atoms with Gasteiger partial charge in [0.2, 0.25) is 10.0 Å². The summed E-state index contributed by atoms with van der Waals surface area (Å²) in [5.41, 5.74) is -0.127. The van der Waals surface area contributed by atoms with Crippen molar-refractivity contribution in [3.8, 4) is 0 Å². The zero-order valence-electron chi connectivity index (χ0n) is 12.0. The van der Waals surface area contributed by atoms with Gasteiger partial charge in [0.25, 0.3) is 5.69 Å². The largest absolute Gasteiger partial charge is 0.311 e. The maximum atomic E-state index is 11.2. The van der Waals surface area contributed by atoms with Gasteiger partial charge in [0.15, 0.2) is 0 Å². The first-order valence-electron chi connectivity index (χ1n) is 6.13. The molecule has 21 heavy (non-hydrogen) atoms. The zero-order valence-corrected chi connectivity index (χ0v) is 14.4. The summed E-state index contributed by atoms with van der Waals surface area (Å²) in [6.45, 7) is 4.07. The average molecular weight is 380 g/mol. The fourth-order valence-electron chi connectivity index (χ4n) is 1.92. The van der Waals surface area contributed by atoms with Crippen LogP contribution in [0.4, 0.5) is 5.69 Å². The first-order chi connectivity index (χ1) is 9.50. The molecule has 0 radical (unpaired) electrons. The van der Waals surface area contributed by atoms with E-state index in [1.165, 1.54) is 6.07 Å². The van der Waals surface area contributed by atoms with Crippen molar-refractivity contribution < 1.29 is 13.3 Å². The third kappa shape index (κ3) is 6.51. The molecule has 0 saturated carbocycles. The van der Waals surface area contributed by atoms with E-state index in [4.69, 9.17) is 0 Å². The third-order valence-electron chi connectivity index (χ3n) is 2.58.